The SMILES string of the molecule is CN1CCCC(CNCc2nc3ccccc3c(=O)[nH]2)C1. The maximum atomic E-state index is 12.0. The fourth-order valence-electron chi connectivity index (χ4n) is 3.05. The van der Waals surface area contributed by atoms with E-state index in [0.717, 1.165) is 18.6 Å². The van der Waals surface area contributed by atoms with Crippen LogP contribution in [0.4, 0.5) is 0 Å². The summed E-state index contributed by atoms with van der Waals surface area (Å²) in [5, 5.41) is 4.07. The molecular formula is C16H22N4O. The van der Waals surface area contributed by atoms with Crippen molar-refractivity contribution in [1.82, 2.24) is 20.2 Å². The lowest BCUT2D eigenvalue weighted by molar-refractivity contribution is 0.206. The van der Waals surface area contributed by atoms with Crippen LogP contribution in [0.2, 0.25) is 0 Å². The van der Waals surface area contributed by atoms with Crippen LogP contribution in [0.3, 0.4) is 0 Å². The summed E-state index contributed by atoms with van der Waals surface area (Å²) < 4.78 is 0. The Morgan fingerprint density at radius 2 is 2.29 bits per heavy atom. The highest BCUT2D eigenvalue weighted by Crippen LogP contribution is 2.14. The fraction of sp³-hybridized carbons (Fsp3) is 0.500. The Morgan fingerprint density at radius 3 is 3.14 bits per heavy atom. The Bertz CT molecular complexity index is 667. The average molecular weight is 286 g/mol. The summed E-state index contributed by atoms with van der Waals surface area (Å²) in [6, 6.07) is 7.45. The van der Waals surface area contributed by atoms with Gasteiger partial charge in [-0.25, -0.2) is 4.98 Å². The number of nitrogens with one attached hydrogen (secondary N) is 2. The lowest BCUT2D eigenvalue weighted by Crippen LogP contribution is -2.37. The molecule has 1 fully saturated rings. The molecule has 1 saturated heterocycles. The number of rotatable bonds is 4. The molecule has 2 aromatic rings. The molecule has 0 amide bonds. The highest BCUT2D eigenvalue weighted by atomic mass is 16.1. The summed E-state index contributed by atoms with van der Waals surface area (Å²) in [7, 11) is 2.18. The van der Waals surface area contributed by atoms with Crippen LogP contribution < -0.4 is 10.9 Å². The number of likely N-dealkylation sites (tertiary alicyclic amines) is 1. The predicted molar refractivity (Wildman–Crippen MR) is 84.3 cm³/mol. The van der Waals surface area contributed by atoms with Gasteiger partial charge in [0.15, 0.2) is 0 Å². The van der Waals surface area contributed by atoms with Gasteiger partial charge in [0.1, 0.15) is 5.82 Å². The number of aromatic amines is 1. The first kappa shape index (κ1) is 14.2. The Kier molecular flexibility index (Phi) is 4.31. The molecule has 0 radical (unpaired) electrons. The normalized spacial score (nSPS) is 20.0. The van der Waals surface area contributed by atoms with Crippen molar-refractivity contribution in [3.05, 3.63) is 40.4 Å². The Hall–Kier alpha value is -1.72. The Labute approximate surface area is 124 Å². The average Bonchev–Trinajstić information content (AvgIpc) is 2.47. The fourth-order valence-corrected chi connectivity index (χ4v) is 3.05. The molecule has 1 aliphatic heterocycles. The van der Waals surface area contributed by atoms with Gasteiger partial charge in [0.2, 0.25) is 0 Å². The third-order valence-corrected chi connectivity index (χ3v) is 4.11. The number of nitrogens with zero attached hydrogens (tertiary/aromatic N) is 2. The van der Waals surface area contributed by atoms with Gasteiger partial charge in [-0.05, 0) is 51.0 Å². The molecule has 1 unspecified atom stereocenters. The van der Waals surface area contributed by atoms with Gasteiger partial charge < -0.3 is 15.2 Å². The second kappa shape index (κ2) is 6.37. The highest BCUT2D eigenvalue weighted by Gasteiger charge is 2.16. The Balaban J connectivity index is 1.61. The predicted octanol–water partition coefficient (Wildman–Crippen LogP) is 1.35. The van der Waals surface area contributed by atoms with Crippen LogP contribution in [0.25, 0.3) is 10.9 Å². The van der Waals surface area contributed by atoms with Crippen LogP contribution in [0.1, 0.15) is 18.7 Å². The quantitative estimate of drug-likeness (QED) is 0.891. The zero-order chi connectivity index (χ0) is 14.7. The van der Waals surface area contributed by atoms with E-state index in [1.54, 1.807) is 6.07 Å². The molecule has 1 aliphatic rings. The summed E-state index contributed by atoms with van der Waals surface area (Å²) in [6.45, 7) is 3.94. The molecule has 0 bridgehead atoms. The van der Waals surface area contributed by atoms with E-state index in [4.69, 9.17) is 0 Å². The molecule has 112 valence electrons. The van der Waals surface area contributed by atoms with E-state index in [0.29, 0.717) is 23.7 Å². The van der Waals surface area contributed by atoms with E-state index in [1.807, 2.05) is 18.2 Å². The first-order valence-electron chi connectivity index (χ1n) is 7.59. The van der Waals surface area contributed by atoms with Gasteiger partial charge in [-0.3, -0.25) is 4.79 Å². The van der Waals surface area contributed by atoms with Crippen LogP contribution in [0.15, 0.2) is 29.1 Å². The zero-order valence-corrected chi connectivity index (χ0v) is 12.4. The monoisotopic (exact) mass is 286 g/mol. The number of benzene rings is 1. The third kappa shape index (κ3) is 3.49. The smallest absolute Gasteiger partial charge is 0.258 e. The molecule has 5 heteroatoms. The highest BCUT2D eigenvalue weighted by molar-refractivity contribution is 5.77. The molecular weight excluding hydrogens is 264 g/mol. The van der Waals surface area contributed by atoms with Crippen LogP contribution in [-0.2, 0) is 6.54 Å². The van der Waals surface area contributed by atoms with Gasteiger partial charge in [-0.2, -0.15) is 0 Å². The first-order valence-corrected chi connectivity index (χ1v) is 7.59. The summed E-state index contributed by atoms with van der Waals surface area (Å²) >= 11 is 0. The number of fused-ring (bicyclic) bond motifs is 1. The minimum atomic E-state index is -0.0604. The van der Waals surface area contributed by atoms with Crippen LogP contribution in [0.5, 0.6) is 0 Å². The number of hydrogen-bond donors (Lipinski definition) is 2. The number of hydrogen-bond acceptors (Lipinski definition) is 4. The number of piperidine rings is 1. The zero-order valence-electron chi connectivity index (χ0n) is 12.4. The molecule has 2 heterocycles. The van der Waals surface area contributed by atoms with Crippen molar-refractivity contribution in [2.45, 2.75) is 19.4 Å². The van der Waals surface area contributed by atoms with Crippen molar-refractivity contribution in [3.8, 4) is 0 Å². The summed E-state index contributed by atoms with van der Waals surface area (Å²) in [5.74, 6) is 1.40. The topological polar surface area (TPSA) is 61.0 Å². The van der Waals surface area contributed by atoms with E-state index >= 15 is 0 Å². The maximum Gasteiger partial charge on any atom is 0.258 e. The largest absolute Gasteiger partial charge is 0.310 e. The van der Waals surface area contributed by atoms with E-state index in [9.17, 15) is 4.79 Å². The molecule has 3 rings (SSSR count). The molecule has 1 atom stereocenters. The van der Waals surface area contributed by atoms with Gasteiger partial charge in [-0.1, -0.05) is 12.1 Å². The maximum absolute atomic E-state index is 12.0. The van der Waals surface area contributed by atoms with Gasteiger partial charge in [0, 0.05) is 6.54 Å². The van der Waals surface area contributed by atoms with Crippen molar-refractivity contribution < 1.29 is 0 Å². The minimum Gasteiger partial charge on any atom is -0.310 e. The molecule has 2 N–H and O–H groups in total. The Morgan fingerprint density at radius 1 is 1.43 bits per heavy atom. The minimum absolute atomic E-state index is 0.0604. The van der Waals surface area contributed by atoms with Crippen molar-refractivity contribution >= 4 is 10.9 Å². The molecule has 0 spiro atoms. The van der Waals surface area contributed by atoms with Gasteiger partial charge >= 0.3 is 0 Å². The van der Waals surface area contributed by atoms with Crippen LogP contribution in [-0.4, -0.2) is 41.5 Å². The molecule has 1 aromatic carbocycles. The lowest BCUT2D eigenvalue weighted by atomic mass is 9.98. The summed E-state index contributed by atoms with van der Waals surface area (Å²) in [5.41, 5.74) is 0.699. The second-order valence-electron chi connectivity index (χ2n) is 5.93. The van der Waals surface area contributed by atoms with Crippen LogP contribution in [0, 0.1) is 5.92 Å². The van der Waals surface area contributed by atoms with Crippen molar-refractivity contribution in [3.63, 3.8) is 0 Å². The van der Waals surface area contributed by atoms with Gasteiger partial charge in [0.25, 0.3) is 5.56 Å². The van der Waals surface area contributed by atoms with E-state index in [-0.39, 0.29) is 5.56 Å². The van der Waals surface area contributed by atoms with Gasteiger partial charge in [0.05, 0.1) is 17.4 Å². The van der Waals surface area contributed by atoms with Crippen LogP contribution >= 0.6 is 0 Å². The standard InChI is InChI=1S/C16H22N4O/c1-20-8-4-5-12(11-20)9-17-10-15-18-14-7-3-2-6-13(14)16(21)19-15/h2-3,6-7,12,17H,4-5,8-11H2,1H3,(H,18,19,21). The molecule has 1 aromatic heterocycles. The number of para-hydroxylation sites is 1. The van der Waals surface area contributed by atoms with E-state index < -0.39 is 0 Å². The van der Waals surface area contributed by atoms with Crippen molar-refractivity contribution in [1.29, 1.82) is 0 Å². The molecule has 0 aliphatic carbocycles. The molecule has 0 saturated carbocycles. The van der Waals surface area contributed by atoms with E-state index in [1.165, 1.54) is 19.4 Å². The third-order valence-electron chi connectivity index (χ3n) is 4.11. The number of aromatic nitrogens is 2. The summed E-state index contributed by atoms with van der Waals surface area (Å²) in [4.78, 5) is 21.7. The van der Waals surface area contributed by atoms with Crippen molar-refractivity contribution in [2.24, 2.45) is 5.92 Å². The second-order valence-corrected chi connectivity index (χ2v) is 5.93. The number of H-pyrrole nitrogens is 1. The summed E-state index contributed by atoms with van der Waals surface area (Å²) in [6.07, 6.45) is 2.55. The lowest BCUT2D eigenvalue weighted by Gasteiger charge is -2.29. The van der Waals surface area contributed by atoms with Crippen molar-refractivity contribution in [2.75, 3.05) is 26.7 Å². The first-order chi connectivity index (χ1) is 10.2. The van der Waals surface area contributed by atoms with E-state index in [2.05, 4.69) is 27.2 Å². The molecule has 5 nitrogen and oxygen atoms in total. The van der Waals surface area contributed by atoms with Gasteiger partial charge in [-0.15, -0.1) is 0 Å². The molecule has 21 heavy (non-hydrogen) atoms.